The third-order valence-corrected chi connectivity index (χ3v) is 3.61. The Labute approximate surface area is 92.9 Å². The normalized spacial score (nSPS) is 38.6. The quantitative estimate of drug-likeness (QED) is 0.623. The largest absolute Gasteiger partial charge is 0.365 e. The second-order valence-corrected chi connectivity index (χ2v) is 6.13. The van der Waals surface area contributed by atoms with E-state index in [1.54, 1.807) is 5.57 Å². The highest BCUT2D eigenvalue weighted by Gasteiger charge is 2.43. The van der Waals surface area contributed by atoms with Crippen molar-refractivity contribution in [1.82, 2.24) is 0 Å². The van der Waals surface area contributed by atoms with Crippen LogP contribution in [0.15, 0.2) is 11.1 Å². The molecule has 0 radical (unpaired) electrons. The van der Waals surface area contributed by atoms with E-state index in [1.807, 2.05) is 0 Å². The van der Waals surface area contributed by atoms with Crippen LogP contribution in [0.4, 0.5) is 0 Å². The molecule has 0 aromatic rings. The standard InChI is InChI=1S/C13H23NO/c1-12(2)8-11(13(3,4)15-12)9-5-6-10(14)7-9/h10H,5-8,14H2,1-4H3. The van der Waals surface area contributed by atoms with Crippen LogP contribution in [0.2, 0.25) is 0 Å². The lowest BCUT2D eigenvalue weighted by Gasteiger charge is -2.24. The molecule has 2 nitrogen and oxygen atoms in total. The van der Waals surface area contributed by atoms with E-state index in [1.165, 1.54) is 12.0 Å². The third kappa shape index (κ3) is 2.11. The molecule has 0 bridgehead atoms. The predicted octanol–water partition coefficient (Wildman–Crippen LogP) is 2.77. The molecule has 0 spiro atoms. The molecular weight excluding hydrogens is 186 g/mol. The van der Waals surface area contributed by atoms with Crippen molar-refractivity contribution in [3.8, 4) is 0 Å². The molecule has 2 aliphatic rings. The average molecular weight is 209 g/mol. The van der Waals surface area contributed by atoms with Crippen molar-refractivity contribution in [3.05, 3.63) is 11.1 Å². The molecule has 15 heavy (non-hydrogen) atoms. The van der Waals surface area contributed by atoms with Gasteiger partial charge in [-0.05, 0) is 59.0 Å². The fourth-order valence-electron chi connectivity index (χ4n) is 3.13. The molecule has 0 aromatic carbocycles. The lowest BCUT2D eigenvalue weighted by Crippen LogP contribution is -2.26. The Balaban J connectivity index is 2.29. The summed E-state index contributed by atoms with van der Waals surface area (Å²) in [5, 5.41) is 0. The van der Waals surface area contributed by atoms with E-state index >= 15 is 0 Å². The van der Waals surface area contributed by atoms with E-state index in [9.17, 15) is 0 Å². The van der Waals surface area contributed by atoms with Crippen LogP contribution in [0.5, 0.6) is 0 Å². The number of hydrogen-bond acceptors (Lipinski definition) is 2. The molecule has 2 N–H and O–H groups in total. The van der Waals surface area contributed by atoms with Gasteiger partial charge in [-0.25, -0.2) is 0 Å². The minimum absolute atomic E-state index is 0.00147. The van der Waals surface area contributed by atoms with Gasteiger partial charge in [0.15, 0.2) is 0 Å². The van der Waals surface area contributed by atoms with Gasteiger partial charge in [-0.15, -0.1) is 0 Å². The summed E-state index contributed by atoms with van der Waals surface area (Å²) >= 11 is 0. The summed E-state index contributed by atoms with van der Waals surface area (Å²) in [4.78, 5) is 0. The van der Waals surface area contributed by atoms with Crippen molar-refractivity contribution < 1.29 is 4.74 Å². The van der Waals surface area contributed by atoms with Crippen molar-refractivity contribution in [2.24, 2.45) is 5.73 Å². The van der Waals surface area contributed by atoms with Gasteiger partial charge in [0.1, 0.15) is 0 Å². The second-order valence-electron chi connectivity index (χ2n) is 6.13. The Morgan fingerprint density at radius 1 is 1.27 bits per heavy atom. The zero-order valence-electron chi connectivity index (χ0n) is 10.4. The monoisotopic (exact) mass is 209 g/mol. The van der Waals surface area contributed by atoms with Crippen LogP contribution in [-0.4, -0.2) is 17.2 Å². The van der Waals surface area contributed by atoms with Gasteiger partial charge in [0.05, 0.1) is 11.2 Å². The Morgan fingerprint density at radius 2 is 1.93 bits per heavy atom. The molecule has 1 aliphatic heterocycles. The number of nitrogens with two attached hydrogens (primary N) is 1. The van der Waals surface area contributed by atoms with Crippen LogP contribution in [0.1, 0.15) is 53.4 Å². The second kappa shape index (κ2) is 3.33. The first-order chi connectivity index (χ1) is 6.80. The Kier molecular flexibility index (Phi) is 2.47. The van der Waals surface area contributed by atoms with E-state index in [4.69, 9.17) is 10.5 Å². The molecule has 86 valence electrons. The fourth-order valence-corrected chi connectivity index (χ4v) is 3.13. The zero-order valence-corrected chi connectivity index (χ0v) is 10.4. The van der Waals surface area contributed by atoms with Gasteiger partial charge < -0.3 is 10.5 Å². The Morgan fingerprint density at radius 3 is 2.33 bits per heavy atom. The smallest absolute Gasteiger partial charge is 0.0846 e. The molecular formula is C13H23NO. The third-order valence-electron chi connectivity index (χ3n) is 3.61. The first-order valence-electron chi connectivity index (χ1n) is 5.97. The maximum absolute atomic E-state index is 6.10. The minimum atomic E-state index is -0.0805. The van der Waals surface area contributed by atoms with Crippen LogP contribution in [0, 0.1) is 0 Å². The van der Waals surface area contributed by atoms with Gasteiger partial charge in [0, 0.05) is 6.04 Å². The summed E-state index contributed by atoms with van der Waals surface area (Å²) in [6, 6.07) is 0.381. The first-order valence-corrected chi connectivity index (χ1v) is 5.97. The highest BCUT2D eigenvalue weighted by Crippen LogP contribution is 2.45. The van der Waals surface area contributed by atoms with Crippen LogP contribution in [0.25, 0.3) is 0 Å². The predicted molar refractivity (Wildman–Crippen MR) is 62.7 cm³/mol. The van der Waals surface area contributed by atoms with E-state index < -0.39 is 0 Å². The highest BCUT2D eigenvalue weighted by atomic mass is 16.5. The van der Waals surface area contributed by atoms with Crippen molar-refractivity contribution in [1.29, 1.82) is 0 Å². The summed E-state index contributed by atoms with van der Waals surface area (Å²) in [6.45, 7) is 8.73. The molecule has 1 saturated carbocycles. The Hall–Kier alpha value is -0.340. The fraction of sp³-hybridized carbons (Fsp3) is 0.846. The minimum Gasteiger partial charge on any atom is -0.365 e. The molecule has 2 heteroatoms. The molecule has 2 rings (SSSR count). The molecule has 1 saturated heterocycles. The number of rotatable bonds is 0. The lowest BCUT2D eigenvalue weighted by atomic mass is 9.89. The SMILES string of the molecule is CC1(C)CC(=C2CCC(N)C2)C(C)(C)O1. The summed E-state index contributed by atoms with van der Waals surface area (Å²) in [6.07, 6.45) is 4.48. The molecule has 2 fully saturated rings. The average Bonchev–Trinajstić information content (AvgIpc) is 2.52. The van der Waals surface area contributed by atoms with Gasteiger partial charge in [0.25, 0.3) is 0 Å². The van der Waals surface area contributed by atoms with Gasteiger partial charge >= 0.3 is 0 Å². The van der Waals surface area contributed by atoms with Crippen molar-refractivity contribution >= 4 is 0 Å². The van der Waals surface area contributed by atoms with E-state index in [2.05, 4.69) is 27.7 Å². The topological polar surface area (TPSA) is 35.2 Å². The van der Waals surface area contributed by atoms with E-state index in [0.717, 1.165) is 19.3 Å². The molecule has 0 aromatic heterocycles. The van der Waals surface area contributed by atoms with Gasteiger partial charge in [-0.1, -0.05) is 5.57 Å². The molecule has 0 amide bonds. The van der Waals surface area contributed by atoms with Crippen LogP contribution >= 0.6 is 0 Å². The van der Waals surface area contributed by atoms with Crippen LogP contribution < -0.4 is 5.73 Å². The highest BCUT2D eigenvalue weighted by molar-refractivity contribution is 5.30. The summed E-state index contributed by atoms with van der Waals surface area (Å²) in [5.41, 5.74) is 8.97. The van der Waals surface area contributed by atoms with Crippen LogP contribution in [0.3, 0.4) is 0 Å². The van der Waals surface area contributed by atoms with E-state index in [-0.39, 0.29) is 11.2 Å². The molecule has 1 unspecified atom stereocenters. The lowest BCUT2D eigenvalue weighted by molar-refractivity contribution is -0.0569. The summed E-state index contributed by atoms with van der Waals surface area (Å²) in [7, 11) is 0. The maximum Gasteiger partial charge on any atom is 0.0846 e. The number of ether oxygens (including phenoxy) is 1. The molecule has 1 heterocycles. The maximum atomic E-state index is 6.10. The van der Waals surface area contributed by atoms with Gasteiger partial charge in [-0.2, -0.15) is 0 Å². The molecule has 1 atom stereocenters. The summed E-state index contributed by atoms with van der Waals surface area (Å²) in [5.74, 6) is 0. The van der Waals surface area contributed by atoms with Crippen molar-refractivity contribution in [2.75, 3.05) is 0 Å². The first kappa shape index (κ1) is 11.2. The van der Waals surface area contributed by atoms with Crippen LogP contribution in [-0.2, 0) is 4.74 Å². The zero-order chi connectivity index (χ0) is 11.3. The number of hydrogen-bond donors (Lipinski definition) is 1. The molecule has 1 aliphatic carbocycles. The van der Waals surface area contributed by atoms with Gasteiger partial charge in [0.2, 0.25) is 0 Å². The Bertz CT molecular complexity index is 302. The van der Waals surface area contributed by atoms with E-state index in [0.29, 0.717) is 6.04 Å². The van der Waals surface area contributed by atoms with Crippen molar-refractivity contribution in [3.63, 3.8) is 0 Å². The van der Waals surface area contributed by atoms with Crippen molar-refractivity contribution in [2.45, 2.75) is 70.6 Å². The summed E-state index contributed by atoms with van der Waals surface area (Å²) < 4.78 is 6.10. The van der Waals surface area contributed by atoms with Gasteiger partial charge in [-0.3, -0.25) is 0 Å².